The van der Waals surface area contributed by atoms with Crippen LogP contribution in [0.15, 0.2) is 142 Å². The number of rotatable bonds is 12. The molecule has 1 saturated heterocycles. The van der Waals surface area contributed by atoms with Crippen molar-refractivity contribution < 1.29 is 9.84 Å². The van der Waals surface area contributed by atoms with Crippen LogP contribution in [0.3, 0.4) is 0 Å². The lowest BCUT2D eigenvalue weighted by molar-refractivity contribution is 0.0607. The standard InChI is InChI=1S/C40H54O2/c1-30(18-13-20-32(3)21-15-23-34(5)25-29-38-40(9,10)42-38)16-11-12-17-31(2)19-14-22-33(4)24-27-36-35(6)26-28-37(41)39(36,7)8/h11-25,27,29,37-38,41H,26,28H2,1-10H3/b12-11+,18-13+,19-14+,21-15+,27-24+,29-25+,30-16+,31-17+,32-20+,33-22+,34-23+. The Morgan fingerprint density at radius 2 is 1.07 bits per heavy atom. The second kappa shape index (κ2) is 16.4. The molecule has 0 aromatic heterocycles. The van der Waals surface area contributed by atoms with Crippen LogP contribution in [0.5, 0.6) is 0 Å². The predicted octanol–water partition coefficient (Wildman–Crippen LogP) is 10.7. The van der Waals surface area contributed by atoms with Crippen molar-refractivity contribution in [3.63, 3.8) is 0 Å². The first-order chi connectivity index (χ1) is 19.7. The van der Waals surface area contributed by atoms with Crippen molar-refractivity contribution in [2.24, 2.45) is 5.41 Å². The van der Waals surface area contributed by atoms with Crippen molar-refractivity contribution in [3.05, 3.63) is 142 Å². The van der Waals surface area contributed by atoms with Crippen LogP contribution >= 0.6 is 0 Å². The zero-order valence-corrected chi connectivity index (χ0v) is 27.7. The van der Waals surface area contributed by atoms with Crippen LogP contribution in [0.1, 0.15) is 82.1 Å². The predicted molar refractivity (Wildman–Crippen MR) is 184 cm³/mol. The van der Waals surface area contributed by atoms with E-state index in [4.69, 9.17) is 4.74 Å². The van der Waals surface area contributed by atoms with Crippen LogP contribution in [0.2, 0.25) is 0 Å². The summed E-state index contributed by atoms with van der Waals surface area (Å²) in [6.07, 6.45) is 37.7. The molecule has 2 unspecified atom stereocenters. The van der Waals surface area contributed by atoms with Gasteiger partial charge in [-0.25, -0.2) is 0 Å². The lowest BCUT2D eigenvalue weighted by atomic mass is 9.70. The summed E-state index contributed by atoms with van der Waals surface area (Å²) in [5.74, 6) is 0. The molecule has 2 rings (SSSR count). The van der Waals surface area contributed by atoms with Gasteiger partial charge in [0.1, 0.15) is 6.10 Å². The number of epoxide rings is 1. The summed E-state index contributed by atoms with van der Waals surface area (Å²) in [6, 6.07) is 0. The molecule has 0 radical (unpaired) electrons. The molecule has 0 amide bonds. The molecule has 42 heavy (non-hydrogen) atoms. The Balaban J connectivity index is 1.83. The van der Waals surface area contributed by atoms with E-state index in [1.54, 1.807) is 0 Å². The van der Waals surface area contributed by atoms with E-state index in [-0.39, 0.29) is 23.2 Å². The van der Waals surface area contributed by atoms with Crippen molar-refractivity contribution in [2.75, 3.05) is 0 Å². The first kappa shape index (κ1) is 35.0. The van der Waals surface area contributed by atoms with E-state index in [0.29, 0.717) is 0 Å². The van der Waals surface area contributed by atoms with Gasteiger partial charge in [0.15, 0.2) is 0 Å². The molecule has 2 atom stereocenters. The third-order valence-electron chi connectivity index (χ3n) is 7.87. The van der Waals surface area contributed by atoms with E-state index in [1.807, 2.05) is 0 Å². The largest absolute Gasteiger partial charge is 0.392 e. The molecule has 0 bridgehead atoms. The molecule has 1 N–H and O–H groups in total. The van der Waals surface area contributed by atoms with Gasteiger partial charge in [-0.1, -0.05) is 151 Å². The first-order valence-corrected chi connectivity index (χ1v) is 15.2. The van der Waals surface area contributed by atoms with Crippen molar-refractivity contribution in [1.29, 1.82) is 0 Å². The minimum atomic E-state index is -0.282. The van der Waals surface area contributed by atoms with Crippen LogP contribution in [0, 0.1) is 5.41 Å². The molecule has 1 heterocycles. The second-order valence-corrected chi connectivity index (χ2v) is 12.8. The van der Waals surface area contributed by atoms with E-state index in [2.05, 4.69) is 173 Å². The lowest BCUT2D eigenvalue weighted by Crippen LogP contribution is -2.34. The van der Waals surface area contributed by atoms with Gasteiger partial charge in [0.2, 0.25) is 0 Å². The van der Waals surface area contributed by atoms with Crippen LogP contribution in [0.25, 0.3) is 0 Å². The van der Waals surface area contributed by atoms with Crippen LogP contribution < -0.4 is 0 Å². The molecule has 2 nitrogen and oxygen atoms in total. The molecule has 1 aliphatic carbocycles. The van der Waals surface area contributed by atoms with Crippen molar-refractivity contribution in [3.8, 4) is 0 Å². The van der Waals surface area contributed by atoms with Crippen molar-refractivity contribution in [2.45, 2.75) is 99.9 Å². The maximum atomic E-state index is 10.4. The number of allylic oxidation sites excluding steroid dienone is 22. The van der Waals surface area contributed by atoms with Crippen LogP contribution in [0.4, 0.5) is 0 Å². The molecule has 0 aromatic carbocycles. The summed E-state index contributed by atoms with van der Waals surface area (Å²) in [5, 5.41) is 10.4. The molecule has 0 spiro atoms. The summed E-state index contributed by atoms with van der Waals surface area (Å²) < 4.78 is 5.58. The van der Waals surface area contributed by atoms with E-state index < -0.39 is 0 Å². The monoisotopic (exact) mass is 566 g/mol. The van der Waals surface area contributed by atoms with E-state index in [1.165, 1.54) is 39.0 Å². The zero-order chi connectivity index (χ0) is 31.3. The molecular formula is C40H54O2. The van der Waals surface area contributed by atoms with Crippen LogP contribution in [-0.4, -0.2) is 22.9 Å². The number of aliphatic hydroxyl groups excluding tert-OH is 1. The molecule has 0 aromatic rings. The molecule has 226 valence electrons. The summed E-state index contributed by atoms with van der Waals surface area (Å²) in [7, 11) is 0. The van der Waals surface area contributed by atoms with Crippen molar-refractivity contribution >= 4 is 0 Å². The summed E-state index contributed by atoms with van der Waals surface area (Å²) in [4.78, 5) is 0. The van der Waals surface area contributed by atoms with Gasteiger partial charge in [0.25, 0.3) is 0 Å². The highest BCUT2D eigenvalue weighted by molar-refractivity contribution is 5.38. The third kappa shape index (κ3) is 12.3. The molecule has 2 heteroatoms. The Morgan fingerprint density at radius 3 is 1.52 bits per heavy atom. The van der Waals surface area contributed by atoms with Crippen molar-refractivity contribution in [1.82, 2.24) is 0 Å². The SMILES string of the molecule is CC1=C(/C=C/C(C)=C/C=C/C(C)=C/C=C/C=C(C)/C=C/C=C(C)/C=C/C=C(C)/C=C/C2OC2(C)C)C(C)(C)C(O)CC1. The van der Waals surface area contributed by atoms with E-state index in [0.717, 1.165) is 12.8 Å². The number of aliphatic hydroxyl groups is 1. The number of hydrogen-bond donors (Lipinski definition) is 1. The minimum absolute atomic E-state index is 0.000353. The van der Waals surface area contributed by atoms with Gasteiger partial charge in [-0.15, -0.1) is 0 Å². The fourth-order valence-electron chi connectivity index (χ4n) is 4.70. The average Bonchev–Trinajstić information content (AvgIpc) is 3.53. The topological polar surface area (TPSA) is 32.8 Å². The van der Waals surface area contributed by atoms with Crippen LogP contribution in [-0.2, 0) is 4.74 Å². The molecule has 2 aliphatic rings. The molecular weight excluding hydrogens is 512 g/mol. The van der Waals surface area contributed by atoms with E-state index in [9.17, 15) is 5.11 Å². The molecule has 0 saturated carbocycles. The Kier molecular flexibility index (Phi) is 13.7. The Labute approximate surface area is 257 Å². The fraction of sp³-hybridized carbons (Fsp3) is 0.400. The van der Waals surface area contributed by atoms with Gasteiger partial charge in [0.05, 0.1) is 11.7 Å². The summed E-state index contributed by atoms with van der Waals surface area (Å²) in [6.45, 7) is 21.2. The van der Waals surface area contributed by atoms with Gasteiger partial charge >= 0.3 is 0 Å². The Morgan fingerprint density at radius 1 is 0.667 bits per heavy atom. The number of ether oxygens (including phenoxy) is 1. The lowest BCUT2D eigenvalue weighted by Gasteiger charge is -2.37. The fourth-order valence-corrected chi connectivity index (χ4v) is 4.70. The Bertz CT molecular complexity index is 1300. The van der Waals surface area contributed by atoms with Gasteiger partial charge in [-0.2, -0.15) is 0 Å². The quantitative estimate of drug-likeness (QED) is 0.188. The first-order valence-electron chi connectivity index (χ1n) is 15.2. The minimum Gasteiger partial charge on any atom is -0.392 e. The molecule has 1 fully saturated rings. The van der Waals surface area contributed by atoms with Gasteiger partial charge in [-0.3, -0.25) is 0 Å². The normalized spacial score (nSPS) is 24.7. The highest BCUT2D eigenvalue weighted by atomic mass is 16.6. The maximum Gasteiger partial charge on any atom is 0.105 e. The van der Waals surface area contributed by atoms with Gasteiger partial charge < -0.3 is 9.84 Å². The smallest absolute Gasteiger partial charge is 0.105 e. The summed E-state index contributed by atoms with van der Waals surface area (Å²) >= 11 is 0. The second-order valence-electron chi connectivity index (χ2n) is 12.8. The zero-order valence-electron chi connectivity index (χ0n) is 27.7. The third-order valence-corrected chi connectivity index (χ3v) is 7.87. The average molecular weight is 567 g/mol. The number of hydrogen-bond acceptors (Lipinski definition) is 2. The highest BCUT2D eigenvalue weighted by Crippen LogP contribution is 2.41. The van der Waals surface area contributed by atoms with E-state index >= 15 is 0 Å². The van der Waals surface area contributed by atoms with Gasteiger partial charge in [0, 0.05) is 5.41 Å². The summed E-state index contributed by atoms with van der Waals surface area (Å²) in [5.41, 5.74) is 8.41. The molecule has 1 aliphatic heterocycles. The maximum absolute atomic E-state index is 10.4. The Hall–Kier alpha value is -3.20. The van der Waals surface area contributed by atoms with Gasteiger partial charge in [-0.05, 0) is 73.8 Å². The highest BCUT2D eigenvalue weighted by Gasteiger charge is 2.45.